The highest BCUT2D eigenvalue weighted by Gasteiger charge is 2.33. The lowest BCUT2D eigenvalue weighted by molar-refractivity contribution is -0.0175. The maximum absolute atomic E-state index is 9.61. The Kier molecular flexibility index (Phi) is 1.99. The van der Waals surface area contributed by atoms with Gasteiger partial charge in [0, 0.05) is 19.1 Å². The van der Waals surface area contributed by atoms with E-state index in [0.29, 0.717) is 0 Å². The molecule has 1 rings (SSSR count). The van der Waals surface area contributed by atoms with Crippen molar-refractivity contribution >= 4 is 0 Å². The molecule has 3 nitrogen and oxygen atoms in total. The summed E-state index contributed by atoms with van der Waals surface area (Å²) >= 11 is 0. The standard InChI is InChI=1S/C7H16N2O/c1-7(10)3-4-9(2)5-6(7)8/h6,10H,3-5,8H2,1-2H3. The average Bonchev–Trinajstić information content (AvgIpc) is 1.81. The van der Waals surface area contributed by atoms with Gasteiger partial charge in [0.25, 0.3) is 0 Å². The van der Waals surface area contributed by atoms with Crippen LogP contribution in [0.15, 0.2) is 0 Å². The minimum Gasteiger partial charge on any atom is -0.388 e. The second-order valence-corrected chi connectivity index (χ2v) is 3.48. The largest absolute Gasteiger partial charge is 0.388 e. The highest BCUT2D eigenvalue weighted by Crippen LogP contribution is 2.18. The number of piperidine rings is 1. The van der Waals surface area contributed by atoms with E-state index in [1.807, 2.05) is 14.0 Å². The third kappa shape index (κ3) is 1.48. The van der Waals surface area contributed by atoms with E-state index in [9.17, 15) is 5.11 Å². The van der Waals surface area contributed by atoms with Gasteiger partial charge in [0.05, 0.1) is 5.60 Å². The number of hydrogen-bond donors (Lipinski definition) is 2. The molecule has 1 fully saturated rings. The zero-order chi connectivity index (χ0) is 7.78. The van der Waals surface area contributed by atoms with Crippen LogP contribution < -0.4 is 5.73 Å². The summed E-state index contributed by atoms with van der Waals surface area (Å²) in [6, 6.07) is -0.0914. The molecule has 0 bridgehead atoms. The van der Waals surface area contributed by atoms with Crippen LogP contribution in [0.25, 0.3) is 0 Å². The van der Waals surface area contributed by atoms with Crippen molar-refractivity contribution in [1.29, 1.82) is 0 Å². The molecule has 10 heavy (non-hydrogen) atoms. The number of likely N-dealkylation sites (N-methyl/N-ethyl adjacent to an activating group) is 1. The smallest absolute Gasteiger partial charge is 0.0794 e. The van der Waals surface area contributed by atoms with E-state index in [1.54, 1.807) is 0 Å². The Morgan fingerprint density at radius 1 is 1.70 bits per heavy atom. The van der Waals surface area contributed by atoms with Gasteiger partial charge in [0.1, 0.15) is 0 Å². The summed E-state index contributed by atoms with van der Waals surface area (Å²) in [5, 5.41) is 9.61. The Morgan fingerprint density at radius 3 is 2.70 bits per heavy atom. The van der Waals surface area contributed by atoms with E-state index >= 15 is 0 Å². The van der Waals surface area contributed by atoms with Gasteiger partial charge in [-0.05, 0) is 20.4 Å². The third-order valence-electron chi connectivity index (χ3n) is 2.31. The van der Waals surface area contributed by atoms with Crippen molar-refractivity contribution in [3.63, 3.8) is 0 Å². The third-order valence-corrected chi connectivity index (χ3v) is 2.31. The van der Waals surface area contributed by atoms with E-state index in [0.717, 1.165) is 19.5 Å². The summed E-state index contributed by atoms with van der Waals surface area (Å²) in [5.74, 6) is 0. The molecule has 1 aliphatic heterocycles. The van der Waals surface area contributed by atoms with Gasteiger partial charge >= 0.3 is 0 Å². The highest BCUT2D eigenvalue weighted by molar-refractivity contribution is 4.91. The van der Waals surface area contributed by atoms with E-state index in [4.69, 9.17) is 5.73 Å². The van der Waals surface area contributed by atoms with Crippen molar-refractivity contribution < 1.29 is 5.11 Å². The van der Waals surface area contributed by atoms with E-state index in [-0.39, 0.29) is 6.04 Å². The van der Waals surface area contributed by atoms with Crippen LogP contribution in [-0.2, 0) is 0 Å². The van der Waals surface area contributed by atoms with Crippen LogP contribution in [-0.4, -0.2) is 41.8 Å². The first-order valence-corrected chi connectivity index (χ1v) is 3.69. The van der Waals surface area contributed by atoms with Crippen LogP contribution in [0.1, 0.15) is 13.3 Å². The molecule has 0 aromatic rings. The van der Waals surface area contributed by atoms with Crippen molar-refractivity contribution in [2.45, 2.75) is 25.0 Å². The molecule has 0 aromatic heterocycles. The first-order chi connectivity index (χ1) is 4.52. The van der Waals surface area contributed by atoms with Gasteiger partial charge in [-0.25, -0.2) is 0 Å². The van der Waals surface area contributed by atoms with E-state index in [1.165, 1.54) is 0 Å². The predicted octanol–water partition coefficient (Wildman–Crippen LogP) is -0.600. The molecule has 0 saturated carbocycles. The molecule has 2 atom stereocenters. The SMILES string of the molecule is CN1CCC(C)(O)C(N)C1. The minimum atomic E-state index is -0.646. The van der Waals surface area contributed by atoms with Crippen molar-refractivity contribution in [2.75, 3.05) is 20.1 Å². The molecule has 1 saturated heterocycles. The van der Waals surface area contributed by atoms with Gasteiger partial charge < -0.3 is 15.7 Å². The number of nitrogens with two attached hydrogens (primary N) is 1. The lowest BCUT2D eigenvalue weighted by Gasteiger charge is -2.39. The molecule has 3 N–H and O–H groups in total. The molecule has 60 valence electrons. The number of rotatable bonds is 0. The van der Waals surface area contributed by atoms with Gasteiger partial charge in [-0.3, -0.25) is 0 Å². The van der Waals surface area contributed by atoms with Crippen molar-refractivity contribution in [3.8, 4) is 0 Å². The van der Waals surface area contributed by atoms with Gasteiger partial charge in [-0.15, -0.1) is 0 Å². The highest BCUT2D eigenvalue weighted by atomic mass is 16.3. The maximum atomic E-state index is 9.61. The number of hydrogen-bond acceptors (Lipinski definition) is 3. The normalized spacial score (nSPS) is 43.8. The number of likely N-dealkylation sites (tertiary alicyclic amines) is 1. The fourth-order valence-corrected chi connectivity index (χ4v) is 1.23. The summed E-state index contributed by atoms with van der Waals surface area (Å²) < 4.78 is 0. The van der Waals surface area contributed by atoms with Crippen LogP contribution >= 0.6 is 0 Å². The molecule has 0 aliphatic carbocycles. The van der Waals surface area contributed by atoms with Gasteiger partial charge in [-0.2, -0.15) is 0 Å². The summed E-state index contributed by atoms with van der Waals surface area (Å²) in [6.45, 7) is 3.55. The Hall–Kier alpha value is -0.120. The first kappa shape index (κ1) is 7.98. The topological polar surface area (TPSA) is 49.5 Å². The maximum Gasteiger partial charge on any atom is 0.0794 e. The molecular weight excluding hydrogens is 128 g/mol. The summed E-state index contributed by atoms with van der Waals surface area (Å²) in [7, 11) is 2.02. The second kappa shape index (κ2) is 2.49. The lowest BCUT2D eigenvalue weighted by atomic mass is 9.89. The van der Waals surface area contributed by atoms with Crippen molar-refractivity contribution in [1.82, 2.24) is 4.90 Å². The predicted molar refractivity (Wildman–Crippen MR) is 40.7 cm³/mol. The average molecular weight is 144 g/mol. The van der Waals surface area contributed by atoms with Crippen molar-refractivity contribution in [3.05, 3.63) is 0 Å². The van der Waals surface area contributed by atoms with Crippen LogP contribution in [0, 0.1) is 0 Å². The molecule has 3 heteroatoms. The van der Waals surface area contributed by atoms with Gasteiger partial charge in [0.2, 0.25) is 0 Å². The quantitative estimate of drug-likeness (QED) is 0.477. The van der Waals surface area contributed by atoms with E-state index < -0.39 is 5.60 Å². The Morgan fingerprint density at radius 2 is 2.30 bits per heavy atom. The second-order valence-electron chi connectivity index (χ2n) is 3.48. The lowest BCUT2D eigenvalue weighted by Crippen LogP contribution is -2.57. The number of aliphatic hydroxyl groups is 1. The Balaban J connectivity index is 2.52. The Labute approximate surface area is 61.8 Å². The summed E-state index contributed by atoms with van der Waals surface area (Å²) in [6.07, 6.45) is 0.782. The molecule has 0 aromatic carbocycles. The molecule has 2 unspecified atom stereocenters. The molecule has 1 heterocycles. The Bertz CT molecular complexity index is 125. The summed E-state index contributed by atoms with van der Waals surface area (Å²) in [5.41, 5.74) is 5.06. The van der Waals surface area contributed by atoms with Crippen LogP contribution in [0.3, 0.4) is 0 Å². The van der Waals surface area contributed by atoms with Crippen LogP contribution in [0.5, 0.6) is 0 Å². The van der Waals surface area contributed by atoms with Gasteiger partial charge in [-0.1, -0.05) is 0 Å². The molecular formula is C7H16N2O. The molecule has 0 spiro atoms. The summed E-state index contributed by atoms with van der Waals surface area (Å²) in [4.78, 5) is 2.14. The van der Waals surface area contributed by atoms with E-state index in [2.05, 4.69) is 4.90 Å². The van der Waals surface area contributed by atoms with Crippen LogP contribution in [0.2, 0.25) is 0 Å². The van der Waals surface area contributed by atoms with Crippen molar-refractivity contribution in [2.24, 2.45) is 5.73 Å². The first-order valence-electron chi connectivity index (χ1n) is 3.69. The molecule has 1 aliphatic rings. The monoisotopic (exact) mass is 144 g/mol. The fraction of sp³-hybridized carbons (Fsp3) is 1.00. The number of nitrogens with zero attached hydrogens (tertiary/aromatic N) is 1. The van der Waals surface area contributed by atoms with Gasteiger partial charge in [0.15, 0.2) is 0 Å². The molecule has 0 amide bonds. The van der Waals surface area contributed by atoms with Crippen LogP contribution in [0.4, 0.5) is 0 Å². The molecule has 0 radical (unpaired) electrons. The fourth-order valence-electron chi connectivity index (χ4n) is 1.23. The zero-order valence-corrected chi connectivity index (χ0v) is 6.67. The minimum absolute atomic E-state index is 0.0914. The zero-order valence-electron chi connectivity index (χ0n) is 6.67.